The predicted molar refractivity (Wildman–Crippen MR) is 84.9 cm³/mol. The van der Waals surface area contributed by atoms with Crippen molar-refractivity contribution in [2.75, 3.05) is 11.9 Å². The van der Waals surface area contributed by atoms with Gasteiger partial charge in [0.1, 0.15) is 5.82 Å². The summed E-state index contributed by atoms with van der Waals surface area (Å²) in [6.07, 6.45) is 12.5. The van der Waals surface area contributed by atoms with Crippen LogP contribution in [0.1, 0.15) is 55.5 Å². The molecule has 0 radical (unpaired) electrons. The number of hydrogen-bond donors (Lipinski definition) is 2. The van der Waals surface area contributed by atoms with Gasteiger partial charge in [-0.2, -0.15) is 5.10 Å². The van der Waals surface area contributed by atoms with E-state index in [1.165, 1.54) is 12.8 Å². The monoisotopic (exact) mass is 312 g/mol. The maximum atomic E-state index is 12.6. The normalized spacial score (nSPS) is 21.2. The molecule has 2 aromatic rings. The molecular formula is C16H20N6O. The maximum Gasteiger partial charge on any atom is 0.322 e. The predicted octanol–water partition coefficient (Wildman–Crippen LogP) is 2.84. The zero-order valence-electron chi connectivity index (χ0n) is 12.9. The summed E-state index contributed by atoms with van der Waals surface area (Å²) in [6.45, 7) is 0.753. The SMILES string of the molecule is O=C(Nc1cnc(C2CC2)nc1)N1CCCC[C@@H]1c1cn[nH]c1. The minimum absolute atomic E-state index is 0.0779. The van der Waals surface area contributed by atoms with E-state index in [0.29, 0.717) is 11.6 Å². The lowest BCUT2D eigenvalue weighted by molar-refractivity contribution is 0.163. The maximum absolute atomic E-state index is 12.6. The molecule has 2 fully saturated rings. The van der Waals surface area contributed by atoms with Gasteiger partial charge in [-0.15, -0.1) is 0 Å². The summed E-state index contributed by atoms with van der Waals surface area (Å²) < 4.78 is 0. The molecule has 1 saturated heterocycles. The first-order valence-corrected chi connectivity index (χ1v) is 8.19. The average molecular weight is 312 g/mol. The van der Waals surface area contributed by atoms with Crippen LogP contribution in [0.15, 0.2) is 24.8 Å². The van der Waals surface area contributed by atoms with Gasteiger partial charge in [-0.25, -0.2) is 14.8 Å². The van der Waals surface area contributed by atoms with Crippen molar-refractivity contribution >= 4 is 11.7 Å². The van der Waals surface area contributed by atoms with Gasteiger partial charge in [0.15, 0.2) is 0 Å². The molecule has 23 heavy (non-hydrogen) atoms. The summed E-state index contributed by atoms with van der Waals surface area (Å²) in [5.41, 5.74) is 1.70. The number of carbonyl (C=O) groups excluding carboxylic acids is 1. The van der Waals surface area contributed by atoms with Crippen LogP contribution < -0.4 is 5.32 Å². The standard InChI is InChI=1S/C16H20N6O/c23-16(21-13-9-17-15(18-10-13)11-4-5-11)22-6-2-1-3-14(22)12-7-19-20-8-12/h7-11,14H,1-6H2,(H,19,20)(H,21,23)/t14-/m1/s1. The quantitative estimate of drug-likeness (QED) is 0.912. The summed E-state index contributed by atoms with van der Waals surface area (Å²) in [5.74, 6) is 1.41. The second kappa shape index (κ2) is 5.98. The zero-order chi connectivity index (χ0) is 15.6. The lowest BCUT2D eigenvalue weighted by atomic mass is 9.98. The van der Waals surface area contributed by atoms with Crippen LogP contribution >= 0.6 is 0 Å². The highest BCUT2D eigenvalue weighted by molar-refractivity contribution is 5.89. The van der Waals surface area contributed by atoms with Crippen molar-refractivity contribution in [3.05, 3.63) is 36.2 Å². The van der Waals surface area contributed by atoms with Crippen molar-refractivity contribution < 1.29 is 4.79 Å². The zero-order valence-corrected chi connectivity index (χ0v) is 12.9. The van der Waals surface area contributed by atoms with Crippen molar-refractivity contribution in [3.8, 4) is 0 Å². The third-order valence-corrected chi connectivity index (χ3v) is 4.53. The molecular weight excluding hydrogens is 292 g/mol. The molecule has 3 heterocycles. The van der Waals surface area contributed by atoms with E-state index < -0.39 is 0 Å². The molecule has 0 aromatic carbocycles. The molecule has 7 heteroatoms. The molecule has 120 valence electrons. The molecule has 1 aliphatic carbocycles. The number of H-pyrrole nitrogens is 1. The molecule has 0 spiro atoms. The number of piperidine rings is 1. The van der Waals surface area contributed by atoms with Gasteiger partial charge < -0.3 is 10.2 Å². The Bertz CT molecular complexity index is 664. The second-order valence-electron chi connectivity index (χ2n) is 6.27. The van der Waals surface area contributed by atoms with E-state index in [9.17, 15) is 4.79 Å². The molecule has 0 unspecified atom stereocenters. The van der Waals surface area contributed by atoms with E-state index >= 15 is 0 Å². The number of hydrogen-bond acceptors (Lipinski definition) is 4. The fourth-order valence-corrected chi connectivity index (χ4v) is 3.11. The van der Waals surface area contributed by atoms with Gasteiger partial charge in [-0.1, -0.05) is 0 Å². The van der Waals surface area contributed by atoms with E-state index in [2.05, 4.69) is 25.5 Å². The number of aromatic nitrogens is 4. The van der Waals surface area contributed by atoms with E-state index in [0.717, 1.165) is 37.2 Å². The fraction of sp³-hybridized carbons (Fsp3) is 0.500. The Morgan fingerprint density at radius 1 is 1.17 bits per heavy atom. The molecule has 2 aromatic heterocycles. The van der Waals surface area contributed by atoms with Crippen molar-refractivity contribution in [3.63, 3.8) is 0 Å². The lowest BCUT2D eigenvalue weighted by Gasteiger charge is -2.35. The Balaban J connectivity index is 1.46. The van der Waals surface area contributed by atoms with Crippen LogP contribution in [0.3, 0.4) is 0 Å². The second-order valence-corrected chi connectivity index (χ2v) is 6.27. The molecule has 1 saturated carbocycles. The minimum Gasteiger partial charge on any atom is -0.317 e. The van der Waals surface area contributed by atoms with Crippen LogP contribution in [0.4, 0.5) is 10.5 Å². The Kier molecular flexibility index (Phi) is 3.69. The van der Waals surface area contributed by atoms with E-state index in [1.54, 1.807) is 18.6 Å². The summed E-state index contributed by atoms with van der Waals surface area (Å²) >= 11 is 0. The van der Waals surface area contributed by atoms with Gasteiger partial charge in [0.05, 0.1) is 30.3 Å². The van der Waals surface area contributed by atoms with Crippen LogP contribution in [-0.2, 0) is 0 Å². The number of carbonyl (C=O) groups is 1. The molecule has 7 nitrogen and oxygen atoms in total. The van der Waals surface area contributed by atoms with Crippen LogP contribution in [0.5, 0.6) is 0 Å². The van der Waals surface area contributed by atoms with Crippen molar-refractivity contribution in [1.29, 1.82) is 0 Å². The highest BCUT2D eigenvalue weighted by Crippen LogP contribution is 2.37. The van der Waals surface area contributed by atoms with Gasteiger partial charge in [0.2, 0.25) is 0 Å². The first kappa shape index (κ1) is 14.2. The van der Waals surface area contributed by atoms with E-state index in [1.807, 2.05) is 11.1 Å². The third kappa shape index (κ3) is 3.04. The van der Waals surface area contributed by atoms with Gasteiger partial charge in [-0.05, 0) is 32.1 Å². The summed E-state index contributed by atoms with van der Waals surface area (Å²) in [5, 5.41) is 9.76. The number of urea groups is 1. The molecule has 1 aliphatic heterocycles. The van der Waals surface area contributed by atoms with Crippen molar-refractivity contribution in [1.82, 2.24) is 25.1 Å². The summed E-state index contributed by atoms with van der Waals surface area (Å²) in [4.78, 5) is 23.2. The number of amides is 2. The molecule has 2 amide bonds. The summed E-state index contributed by atoms with van der Waals surface area (Å²) in [6, 6.07) is -0.0205. The third-order valence-electron chi connectivity index (χ3n) is 4.53. The smallest absolute Gasteiger partial charge is 0.317 e. The summed E-state index contributed by atoms with van der Waals surface area (Å²) in [7, 11) is 0. The highest BCUT2D eigenvalue weighted by atomic mass is 16.2. The van der Waals surface area contributed by atoms with E-state index in [4.69, 9.17) is 0 Å². The van der Waals surface area contributed by atoms with Crippen molar-refractivity contribution in [2.45, 2.75) is 44.1 Å². The number of anilines is 1. The topological polar surface area (TPSA) is 86.8 Å². The van der Waals surface area contributed by atoms with Gasteiger partial charge in [-0.3, -0.25) is 5.10 Å². The number of aromatic amines is 1. The number of nitrogens with one attached hydrogen (secondary N) is 2. The Labute approximate surface area is 134 Å². The molecule has 2 N–H and O–H groups in total. The van der Waals surface area contributed by atoms with Crippen LogP contribution in [0.25, 0.3) is 0 Å². The highest BCUT2D eigenvalue weighted by Gasteiger charge is 2.29. The number of rotatable bonds is 3. The largest absolute Gasteiger partial charge is 0.322 e. The van der Waals surface area contributed by atoms with Gasteiger partial charge in [0.25, 0.3) is 0 Å². The minimum atomic E-state index is -0.0985. The first-order valence-electron chi connectivity index (χ1n) is 8.19. The molecule has 0 bridgehead atoms. The van der Waals surface area contributed by atoms with Crippen LogP contribution in [-0.4, -0.2) is 37.6 Å². The lowest BCUT2D eigenvalue weighted by Crippen LogP contribution is -2.41. The molecule has 2 aliphatic rings. The van der Waals surface area contributed by atoms with Gasteiger partial charge >= 0.3 is 6.03 Å². The number of nitrogens with zero attached hydrogens (tertiary/aromatic N) is 4. The Morgan fingerprint density at radius 3 is 2.70 bits per heavy atom. The van der Waals surface area contributed by atoms with E-state index in [-0.39, 0.29) is 12.1 Å². The van der Waals surface area contributed by atoms with Crippen LogP contribution in [0.2, 0.25) is 0 Å². The fourth-order valence-electron chi connectivity index (χ4n) is 3.11. The van der Waals surface area contributed by atoms with Gasteiger partial charge in [0, 0.05) is 24.2 Å². The first-order chi connectivity index (χ1) is 11.3. The Hall–Kier alpha value is -2.44. The van der Waals surface area contributed by atoms with Crippen molar-refractivity contribution in [2.24, 2.45) is 0 Å². The average Bonchev–Trinajstić information content (AvgIpc) is 3.30. The molecule has 1 atom stereocenters. The molecule has 4 rings (SSSR count). The van der Waals surface area contributed by atoms with Crippen LogP contribution in [0, 0.1) is 0 Å². The number of likely N-dealkylation sites (tertiary alicyclic amines) is 1. The Morgan fingerprint density at radius 2 is 2.00 bits per heavy atom.